The largest absolute Gasteiger partial charge is 0.434 e. The Bertz CT molecular complexity index is 1740. The summed E-state index contributed by atoms with van der Waals surface area (Å²) in [6, 6.07) is 15.8. The summed E-state index contributed by atoms with van der Waals surface area (Å²) in [5.41, 5.74) is 3.25. The molecule has 9 nitrogen and oxygen atoms in total. The van der Waals surface area contributed by atoms with E-state index in [0.717, 1.165) is 11.1 Å². The number of ether oxygens (including phenoxy) is 1. The van der Waals surface area contributed by atoms with Gasteiger partial charge in [-0.05, 0) is 67.3 Å². The van der Waals surface area contributed by atoms with Crippen molar-refractivity contribution < 1.29 is 22.0 Å². The van der Waals surface area contributed by atoms with E-state index in [1.54, 1.807) is 26.0 Å². The molecule has 0 fully saturated rings. The third kappa shape index (κ3) is 5.74. The fourth-order valence-electron chi connectivity index (χ4n) is 5.46. The molecule has 1 aliphatic rings. The van der Waals surface area contributed by atoms with Crippen molar-refractivity contribution in [1.82, 2.24) is 14.5 Å². The topological polar surface area (TPSA) is 109 Å². The van der Waals surface area contributed by atoms with Crippen LogP contribution in [-0.2, 0) is 21.4 Å². The van der Waals surface area contributed by atoms with Crippen molar-refractivity contribution in [3.05, 3.63) is 110 Å². The minimum absolute atomic E-state index is 0.0181. The van der Waals surface area contributed by atoms with Crippen LogP contribution in [0.5, 0.6) is 0 Å². The number of rotatable bonds is 9. The van der Waals surface area contributed by atoms with Crippen molar-refractivity contribution in [1.29, 1.82) is 0 Å². The average Bonchev–Trinajstić information content (AvgIpc) is 3.38. The van der Waals surface area contributed by atoms with Crippen molar-refractivity contribution in [3.8, 4) is 0 Å². The molecule has 0 amide bonds. The summed E-state index contributed by atoms with van der Waals surface area (Å²) in [4.78, 5) is 14.0. The third-order valence-electron chi connectivity index (χ3n) is 7.79. The second-order valence-electron chi connectivity index (χ2n) is 10.6. The summed E-state index contributed by atoms with van der Waals surface area (Å²) in [7, 11) is -4.20. The van der Waals surface area contributed by atoms with Crippen molar-refractivity contribution in [2.45, 2.75) is 57.2 Å². The number of aromatic amines is 1. The Morgan fingerprint density at radius 1 is 1.12 bits per heavy atom. The number of hydrogen-bond acceptors (Lipinski definition) is 7. The number of nitrogens with zero attached hydrogens (tertiary/aromatic N) is 3. The Kier molecular flexibility index (Phi) is 8.56. The van der Waals surface area contributed by atoms with Gasteiger partial charge in [0.15, 0.2) is 0 Å². The van der Waals surface area contributed by atoms with Crippen molar-refractivity contribution in [3.63, 3.8) is 0 Å². The molecule has 222 valence electrons. The van der Waals surface area contributed by atoms with Crippen LogP contribution in [0, 0.1) is 19.7 Å². The fourth-order valence-corrected chi connectivity index (χ4v) is 7.41. The van der Waals surface area contributed by atoms with Crippen LogP contribution in [0.2, 0.25) is 5.02 Å². The third-order valence-corrected chi connectivity index (χ3v) is 9.89. The highest BCUT2D eigenvalue weighted by molar-refractivity contribution is 7.89. The van der Waals surface area contributed by atoms with Crippen LogP contribution >= 0.6 is 11.6 Å². The Labute approximate surface area is 248 Å². The second-order valence-corrected chi connectivity index (χ2v) is 12.8. The normalized spacial score (nSPS) is 17.0. The summed E-state index contributed by atoms with van der Waals surface area (Å²) < 4.78 is 56.4. The average molecular weight is 615 g/mol. The maximum absolute atomic E-state index is 15.4. The molecule has 1 N–H and O–H groups in total. The Morgan fingerprint density at radius 3 is 2.55 bits per heavy atom. The summed E-state index contributed by atoms with van der Waals surface area (Å²) in [5, 5.41) is 6.61. The zero-order valence-corrected chi connectivity index (χ0v) is 25.2. The minimum atomic E-state index is -4.20. The van der Waals surface area contributed by atoms with Gasteiger partial charge in [-0.3, -0.25) is 0 Å². The summed E-state index contributed by atoms with van der Waals surface area (Å²) in [6.07, 6.45) is 0. The van der Waals surface area contributed by atoms with E-state index in [4.69, 9.17) is 20.8 Å². The number of aryl methyl sites for hydroxylation is 1. The van der Waals surface area contributed by atoms with Crippen LogP contribution in [0.3, 0.4) is 0 Å². The number of halogens is 2. The van der Waals surface area contributed by atoms with Gasteiger partial charge in [0.05, 0.1) is 31.6 Å². The van der Waals surface area contributed by atoms with Crippen LogP contribution in [0.1, 0.15) is 54.0 Å². The Hall–Kier alpha value is -3.51. The molecule has 0 bridgehead atoms. The van der Waals surface area contributed by atoms with Gasteiger partial charge in [-0.25, -0.2) is 22.7 Å². The number of H-pyrrole nitrogens is 1. The van der Waals surface area contributed by atoms with Crippen LogP contribution in [0.15, 0.2) is 74.8 Å². The molecule has 42 heavy (non-hydrogen) atoms. The number of anilines is 1. The highest BCUT2D eigenvalue weighted by atomic mass is 35.5. The Balaban J connectivity index is 1.58. The molecule has 5 rings (SSSR count). The van der Waals surface area contributed by atoms with Gasteiger partial charge in [0.2, 0.25) is 15.9 Å². The van der Waals surface area contributed by atoms with E-state index >= 15 is 4.39 Å². The monoisotopic (exact) mass is 614 g/mol. The lowest BCUT2D eigenvalue weighted by molar-refractivity contribution is 0.105. The predicted octanol–water partition coefficient (Wildman–Crippen LogP) is 5.69. The fraction of sp³-hybridized carbons (Fsp3) is 0.333. The maximum atomic E-state index is 15.4. The first-order chi connectivity index (χ1) is 20.0. The second kappa shape index (κ2) is 12.0. The molecule has 12 heteroatoms. The molecule has 3 atom stereocenters. The smallest absolute Gasteiger partial charge is 0.391 e. The molecule has 1 aliphatic heterocycles. The zero-order valence-electron chi connectivity index (χ0n) is 23.7. The summed E-state index contributed by atoms with van der Waals surface area (Å²) in [5.74, 6) is -2.28. The van der Waals surface area contributed by atoms with E-state index < -0.39 is 33.6 Å². The van der Waals surface area contributed by atoms with Gasteiger partial charge >= 0.3 is 5.76 Å². The van der Waals surface area contributed by atoms with Gasteiger partial charge < -0.3 is 14.1 Å². The van der Waals surface area contributed by atoms with Crippen LogP contribution in [0.4, 0.5) is 10.1 Å². The van der Waals surface area contributed by atoms with Gasteiger partial charge in [-0.15, -0.1) is 5.10 Å². The van der Waals surface area contributed by atoms with E-state index in [2.05, 4.69) is 10.2 Å². The van der Waals surface area contributed by atoms with E-state index in [9.17, 15) is 13.2 Å². The first-order valence-corrected chi connectivity index (χ1v) is 15.3. The van der Waals surface area contributed by atoms with Gasteiger partial charge in [-0.1, -0.05) is 54.9 Å². The predicted molar refractivity (Wildman–Crippen MR) is 158 cm³/mol. The number of nitrogens with one attached hydrogen (secondary N) is 1. The van der Waals surface area contributed by atoms with Crippen molar-refractivity contribution in [2.75, 3.05) is 18.2 Å². The molecule has 0 saturated carbocycles. The van der Waals surface area contributed by atoms with Crippen LogP contribution < -0.4 is 10.7 Å². The first-order valence-electron chi connectivity index (χ1n) is 13.5. The molecule has 0 spiro atoms. The molecular weight excluding hydrogens is 583 g/mol. The number of benzene rings is 3. The molecule has 0 unspecified atom stereocenters. The minimum Gasteiger partial charge on any atom is -0.391 e. The molecule has 0 aliphatic carbocycles. The number of hydrogen-bond donors (Lipinski definition) is 1. The molecular formula is C30H32ClFN4O5S. The maximum Gasteiger partial charge on any atom is 0.434 e. The Morgan fingerprint density at radius 2 is 1.86 bits per heavy atom. The standard InChI is InChI=1S/C30H32ClFN4O5S/c1-18-10-12-24(32)27(20(18)3)21(4)28(29-33-34-30(37)41-29)36-17-35(19(2)15-40-16-22-8-6-5-7-9-22)25-14-23(31)11-13-26(25)42(36,38)39/h5-14,19,21,28H,15-17H2,1-4H3,(H,34,37)/t19-,21-,28+/m1/s1. The molecule has 0 saturated heterocycles. The van der Waals surface area contributed by atoms with Crippen molar-refractivity contribution in [2.24, 2.45) is 0 Å². The van der Waals surface area contributed by atoms with E-state index in [0.29, 0.717) is 28.4 Å². The number of aromatic nitrogens is 2. The van der Waals surface area contributed by atoms with E-state index in [1.807, 2.05) is 49.1 Å². The lowest BCUT2D eigenvalue weighted by Gasteiger charge is -2.44. The summed E-state index contributed by atoms with van der Waals surface area (Å²) >= 11 is 6.33. The first kappa shape index (κ1) is 30.0. The molecule has 3 aromatic carbocycles. The number of sulfonamides is 1. The molecule has 4 aromatic rings. The van der Waals surface area contributed by atoms with Gasteiger partial charge in [0, 0.05) is 10.9 Å². The van der Waals surface area contributed by atoms with Crippen LogP contribution in [-0.4, -0.2) is 42.2 Å². The molecule has 1 aromatic heterocycles. The zero-order chi connectivity index (χ0) is 30.2. The van der Waals surface area contributed by atoms with Crippen LogP contribution in [0.25, 0.3) is 0 Å². The molecule has 0 radical (unpaired) electrons. The highest BCUT2D eigenvalue weighted by Crippen LogP contribution is 2.45. The lowest BCUT2D eigenvalue weighted by Crippen LogP contribution is -2.52. The SMILES string of the molecule is Cc1ccc(F)c([C@@H](C)[C@@H](c2n[nH]c(=O)o2)N2CN([C@H](C)COCc3ccccc3)c3cc(Cl)ccc3S2(=O)=O)c1C. The molecule has 2 heterocycles. The van der Waals surface area contributed by atoms with E-state index in [1.165, 1.54) is 22.5 Å². The summed E-state index contributed by atoms with van der Waals surface area (Å²) in [6.45, 7) is 7.76. The highest BCUT2D eigenvalue weighted by Gasteiger charge is 2.46. The van der Waals surface area contributed by atoms with E-state index in [-0.39, 0.29) is 30.1 Å². The van der Waals surface area contributed by atoms with Gasteiger partial charge in [-0.2, -0.15) is 4.31 Å². The van der Waals surface area contributed by atoms with Crippen molar-refractivity contribution >= 4 is 27.3 Å². The number of fused-ring (bicyclic) bond motifs is 1. The van der Waals surface area contributed by atoms with Gasteiger partial charge in [0.25, 0.3) is 0 Å². The quantitative estimate of drug-likeness (QED) is 0.258. The lowest BCUT2D eigenvalue weighted by atomic mass is 9.87. The van der Waals surface area contributed by atoms with Gasteiger partial charge in [0.1, 0.15) is 16.8 Å².